The SMILES string of the molecule is COc1cc2c(cc1OCc1cc(COc3cc4c(cc3C)C(=O)N3c5ccccc5C[C@H]3C(S(=O)(=O)O)C4)cc(NC(=O)CCC(C)(C)SSCCC(C(=O)CCCN3C(=O)CC(SC)C3=O)S(=O)(=O)O)c1)NC[C@@H]1Cc3ccccc3N1C2=O. The van der Waals surface area contributed by atoms with Crippen LogP contribution >= 0.6 is 33.3 Å². The number of ether oxygens (including phenoxy) is 3. The third-order valence-corrected chi connectivity index (χ3v) is 23.1. The molecule has 5 heterocycles. The van der Waals surface area contributed by atoms with Crippen LogP contribution in [-0.2, 0) is 71.9 Å². The largest absolute Gasteiger partial charge is 0.493 e. The second-order valence-corrected chi connectivity index (χ2v) is 30.1. The number of carbonyl (C=O) groups excluding carboxylic acids is 6. The molecule has 0 aliphatic carbocycles. The Morgan fingerprint density at radius 2 is 1.44 bits per heavy atom. The maximum absolute atomic E-state index is 14.3. The van der Waals surface area contributed by atoms with Gasteiger partial charge in [-0.05, 0) is 147 Å². The number of aryl methyl sites for hydroxylation is 1. The highest BCUT2D eigenvalue weighted by molar-refractivity contribution is 8.77. The minimum atomic E-state index is -4.75. The molecular weight excluding hydrogens is 1200 g/mol. The van der Waals surface area contributed by atoms with Crippen molar-refractivity contribution in [3.8, 4) is 17.2 Å². The van der Waals surface area contributed by atoms with Crippen LogP contribution in [0.5, 0.6) is 17.2 Å². The highest BCUT2D eigenvalue weighted by Gasteiger charge is 2.47. The molecule has 86 heavy (non-hydrogen) atoms. The van der Waals surface area contributed by atoms with Crippen LogP contribution in [0, 0.1) is 6.92 Å². The van der Waals surface area contributed by atoms with Crippen molar-refractivity contribution in [2.24, 2.45) is 0 Å². The van der Waals surface area contributed by atoms with E-state index in [2.05, 4.69) is 10.6 Å². The fourth-order valence-corrected chi connectivity index (χ4v) is 17.2. The van der Waals surface area contributed by atoms with Crippen LogP contribution in [0.15, 0.2) is 91.0 Å². The smallest absolute Gasteiger partial charge is 0.275 e. The molecule has 4 N–H and O–H groups in total. The molecule has 0 radical (unpaired) electrons. The molecule has 5 aromatic rings. The zero-order valence-electron chi connectivity index (χ0n) is 48.0. The molecule has 5 aliphatic heterocycles. The number of carbonyl (C=O) groups is 6. The van der Waals surface area contributed by atoms with Crippen molar-refractivity contribution in [3.63, 3.8) is 0 Å². The molecule has 25 heteroatoms. The van der Waals surface area contributed by atoms with Crippen molar-refractivity contribution in [1.82, 2.24) is 4.90 Å². The predicted molar refractivity (Wildman–Crippen MR) is 333 cm³/mol. The van der Waals surface area contributed by atoms with Gasteiger partial charge in [-0.15, -0.1) is 0 Å². The molecule has 5 amide bonds. The van der Waals surface area contributed by atoms with E-state index in [1.54, 1.807) is 61.7 Å². The Morgan fingerprint density at radius 1 is 0.779 bits per heavy atom. The summed E-state index contributed by atoms with van der Waals surface area (Å²) >= 11 is 1.27. The Morgan fingerprint density at radius 3 is 2.10 bits per heavy atom. The van der Waals surface area contributed by atoms with Crippen molar-refractivity contribution in [2.45, 2.75) is 124 Å². The highest BCUT2D eigenvalue weighted by atomic mass is 33.1. The second-order valence-electron chi connectivity index (χ2n) is 22.7. The van der Waals surface area contributed by atoms with Crippen LogP contribution in [0.1, 0.15) is 106 Å². The quantitative estimate of drug-likeness (QED) is 0.0194. The maximum atomic E-state index is 14.3. The molecule has 1 saturated heterocycles. The minimum Gasteiger partial charge on any atom is -0.493 e. The normalized spacial score (nSPS) is 19.3. The van der Waals surface area contributed by atoms with Gasteiger partial charge >= 0.3 is 0 Å². The summed E-state index contributed by atoms with van der Waals surface area (Å²) in [6.07, 6.45) is 2.72. The lowest BCUT2D eigenvalue weighted by Gasteiger charge is -2.27. The average Bonchev–Trinajstić information content (AvgIpc) is 1.94. The van der Waals surface area contributed by atoms with Gasteiger partial charge in [0.2, 0.25) is 17.7 Å². The number of ketones is 1. The lowest BCUT2D eigenvalue weighted by atomic mass is 9.97. The zero-order chi connectivity index (χ0) is 61.4. The lowest BCUT2D eigenvalue weighted by molar-refractivity contribution is -0.138. The van der Waals surface area contributed by atoms with Crippen molar-refractivity contribution in [1.29, 1.82) is 0 Å². The van der Waals surface area contributed by atoms with Gasteiger partial charge in [-0.3, -0.25) is 42.8 Å². The van der Waals surface area contributed by atoms with E-state index < -0.39 is 52.6 Å². The molecule has 456 valence electrons. The average molecular weight is 1270 g/mol. The van der Waals surface area contributed by atoms with Crippen molar-refractivity contribution in [3.05, 3.63) is 136 Å². The van der Waals surface area contributed by atoms with Crippen LogP contribution in [0.3, 0.4) is 0 Å². The number of amides is 5. The van der Waals surface area contributed by atoms with E-state index in [-0.39, 0.29) is 106 Å². The second kappa shape index (κ2) is 25.6. The maximum Gasteiger partial charge on any atom is 0.275 e. The van der Waals surface area contributed by atoms with Gasteiger partial charge in [0.1, 0.15) is 29.5 Å². The monoisotopic (exact) mass is 1270 g/mol. The van der Waals surface area contributed by atoms with E-state index >= 15 is 0 Å². The summed E-state index contributed by atoms with van der Waals surface area (Å²) in [5.74, 6) is -1.02. The topological polar surface area (TPSA) is 273 Å². The van der Waals surface area contributed by atoms with Gasteiger partial charge < -0.3 is 34.6 Å². The summed E-state index contributed by atoms with van der Waals surface area (Å²) in [5.41, 5.74) is 7.34. The first kappa shape index (κ1) is 62.4. The van der Waals surface area contributed by atoms with Gasteiger partial charge in [0.15, 0.2) is 17.3 Å². The first-order valence-corrected chi connectivity index (χ1v) is 34.8. The third-order valence-electron chi connectivity index (χ3n) is 16.3. The van der Waals surface area contributed by atoms with Crippen LogP contribution in [0.25, 0.3) is 0 Å². The molecule has 3 unspecified atom stereocenters. The summed E-state index contributed by atoms with van der Waals surface area (Å²) in [6, 6.07) is 26.3. The van der Waals surface area contributed by atoms with Gasteiger partial charge in [-0.2, -0.15) is 28.6 Å². The molecule has 5 atom stereocenters. The van der Waals surface area contributed by atoms with Gasteiger partial charge in [0.25, 0.3) is 32.1 Å². The third kappa shape index (κ3) is 13.6. The summed E-state index contributed by atoms with van der Waals surface area (Å²) in [7, 11) is -5.19. The van der Waals surface area contributed by atoms with Gasteiger partial charge in [0, 0.05) is 71.5 Å². The molecule has 20 nitrogen and oxygen atoms in total. The summed E-state index contributed by atoms with van der Waals surface area (Å²) < 4.78 is 89.6. The minimum absolute atomic E-state index is 0.0201. The van der Waals surface area contributed by atoms with Gasteiger partial charge in [-0.1, -0.05) is 58.0 Å². The van der Waals surface area contributed by atoms with Crippen molar-refractivity contribution in [2.75, 3.05) is 52.6 Å². The highest BCUT2D eigenvalue weighted by Crippen LogP contribution is 2.44. The lowest BCUT2D eigenvalue weighted by Crippen LogP contribution is -2.47. The van der Waals surface area contributed by atoms with Crippen LogP contribution in [0.4, 0.5) is 22.7 Å². The van der Waals surface area contributed by atoms with Crippen LogP contribution in [0.2, 0.25) is 0 Å². The molecule has 10 rings (SSSR count). The standard InChI is InChI=1S/C61H67N5O15S5/c1-35-21-43-40(28-55(86(76,77)78)48-26-39-12-7-9-14-47(39)66(48)58(43)70)27-50(35)80-33-36-22-37(34-81-52-30-45-44(29-51(52)79-4)59(71)65-42(32-62-45)25-38-11-6-8-13-46(38)65)24-41(23-36)63-56(68)16-18-61(2,3)84-83-20-17-54(85(73,74)75)49(67)15-10-19-64-57(69)31-53(82-5)60(64)72/h6-9,11-14,21-24,27,29-30,42,48,53-55,62H,10,15-20,25-26,28,31-34H2,1-5H3,(H,63,68)(H,73,74,75)(H,76,77,78)/t42-,48-,53?,54?,55?/m0/s1. The summed E-state index contributed by atoms with van der Waals surface area (Å²) in [4.78, 5) is 84.7. The van der Waals surface area contributed by atoms with E-state index in [1.165, 1.54) is 45.4 Å². The number of nitrogens with zero attached hydrogens (tertiary/aromatic N) is 3. The van der Waals surface area contributed by atoms with Crippen LogP contribution in [-0.4, -0.2) is 131 Å². The van der Waals surface area contributed by atoms with Gasteiger partial charge in [-0.25, -0.2) is 0 Å². The van der Waals surface area contributed by atoms with Gasteiger partial charge in [0.05, 0.1) is 35.7 Å². The molecule has 5 aliphatic rings. The first-order valence-electron chi connectivity index (χ1n) is 28.1. The number of anilines is 4. The number of benzene rings is 5. The van der Waals surface area contributed by atoms with Crippen molar-refractivity contribution < 1.29 is 68.9 Å². The Labute approximate surface area is 512 Å². The van der Waals surface area contributed by atoms with E-state index in [0.29, 0.717) is 87.1 Å². The Bertz CT molecular complexity index is 3770. The number of hydrogen-bond donors (Lipinski definition) is 4. The van der Waals surface area contributed by atoms with E-state index in [9.17, 15) is 54.7 Å². The fourth-order valence-electron chi connectivity index (χ4n) is 11.9. The number of thioether (sulfide) groups is 1. The van der Waals surface area contributed by atoms with E-state index in [4.69, 9.17) is 14.2 Å². The summed E-state index contributed by atoms with van der Waals surface area (Å²) in [6.45, 7) is 6.05. The molecular formula is C61H67N5O15S5. The number of imide groups is 1. The molecule has 0 bridgehead atoms. The first-order chi connectivity index (χ1) is 40.9. The number of likely N-dealkylation sites (tertiary alicyclic amines) is 1. The Hall–Kier alpha value is -6.61. The number of methoxy groups -OCH3 is 1. The zero-order valence-corrected chi connectivity index (χ0v) is 52.1. The molecule has 0 aromatic heterocycles. The Balaban J connectivity index is 0.828. The number of para-hydroxylation sites is 2. The summed E-state index contributed by atoms with van der Waals surface area (Å²) in [5, 5.41) is 3.01. The number of fused-ring (bicyclic) bond motifs is 8. The van der Waals surface area contributed by atoms with Crippen LogP contribution < -0.4 is 34.6 Å². The number of rotatable bonds is 24. The Kier molecular flexibility index (Phi) is 18.6. The number of Topliss-reactive ketones (excluding diaryl/α,β-unsaturated/α-hetero) is 1. The molecule has 1 fully saturated rings. The number of hydrogen-bond acceptors (Lipinski definition) is 17. The van der Waals surface area contributed by atoms with Crippen molar-refractivity contribution >= 4 is 112 Å². The molecule has 0 saturated carbocycles. The predicted octanol–water partition coefficient (Wildman–Crippen LogP) is 8.91. The van der Waals surface area contributed by atoms with E-state index in [1.807, 2.05) is 61.2 Å². The molecule has 0 spiro atoms. The number of nitrogens with one attached hydrogen (secondary N) is 2. The van der Waals surface area contributed by atoms with E-state index in [0.717, 1.165) is 21.7 Å². The fraction of sp³-hybridized carbons (Fsp3) is 0.410. The molecule has 5 aromatic carbocycles.